The zero-order valence-corrected chi connectivity index (χ0v) is 20.8. The van der Waals surface area contributed by atoms with Crippen LogP contribution in [-0.2, 0) is 6.54 Å². The number of rotatable bonds is 7. The van der Waals surface area contributed by atoms with E-state index in [9.17, 15) is 10.2 Å². The van der Waals surface area contributed by atoms with Crippen molar-refractivity contribution in [2.24, 2.45) is 0 Å². The van der Waals surface area contributed by atoms with Gasteiger partial charge in [-0.3, -0.25) is 0 Å². The number of benzene rings is 3. The van der Waals surface area contributed by atoms with Gasteiger partial charge in [0.05, 0.1) is 33.2 Å². The summed E-state index contributed by atoms with van der Waals surface area (Å²) in [5.41, 5.74) is 3.56. The predicted octanol–water partition coefficient (Wildman–Crippen LogP) is 6.49. The quantitative estimate of drug-likeness (QED) is 0.270. The lowest BCUT2D eigenvalue weighted by Gasteiger charge is -2.14. The Morgan fingerprint density at radius 1 is 0.875 bits per heavy atom. The van der Waals surface area contributed by atoms with Crippen molar-refractivity contribution in [2.45, 2.75) is 20.4 Å². The Labute approximate surface area is 202 Å². The normalized spacial score (nSPS) is 11.1. The van der Waals surface area contributed by atoms with Gasteiger partial charge in [-0.05, 0) is 87.7 Å². The van der Waals surface area contributed by atoms with Crippen LogP contribution >= 0.6 is 31.9 Å². The molecule has 166 valence electrons. The lowest BCUT2D eigenvalue weighted by atomic mass is 10.1. The second kappa shape index (κ2) is 9.42. The molecule has 6 nitrogen and oxygen atoms in total. The smallest absolute Gasteiger partial charge is 0.172 e. The SMILES string of the molecule is CCOc1cc(Cn2c(-c3cc(Br)c(O)c(OCC)c3)nc3ccccc32)cc(Br)c1O. The first-order valence-electron chi connectivity index (χ1n) is 10.2. The predicted molar refractivity (Wildman–Crippen MR) is 132 cm³/mol. The first-order chi connectivity index (χ1) is 15.4. The topological polar surface area (TPSA) is 76.7 Å². The molecular formula is C24H22Br2N2O4. The third-order valence-electron chi connectivity index (χ3n) is 4.97. The first-order valence-corrected chi connectivity index (χ1v) is 11.8. The van der Waals surface area contributed by atoms with Gasteiger partial charge in [0, 0.05) is 12.1 Å². The van der Waals surface area contributed by atoms with Gasteiger partial charge in [-0.15, -0.1) is 0 Å². The lowest BCUT2D eigenvalue weighted by molar-refractivity contribution is 0.317. The summed E-state index contributed by atoms with van der Waals surface area (Å²) in [5, 5.41) is 20.6. The van der Waals surface area contributed by atoms with Crippen molar-refractivity contribution in [3.05, 3.63) is 63.0 Å². The molecule has 3 aromatic carbocycles. The molecule has 4 rings (SSSR count). The van der Waals surface area contributed by atoms with Crippen LogP contribution in [0, 0.1) is 0 Å². The minimum atomic E-state index is 0.0575. The van der Waals surface area contributed by atoms with Crippen LogP contribution in [0.2, 0.25) is 0 Å². The number of aromatic hydroxyl groups is 2. The Balaban J connectivity index is 1.88. The number of ether oxygens (including phenoxy) is 2. The van der Waals surface area contributed by atoms with Crippen LogP contribution in [0.4, 0.5) is 0 Å². The summed E-state index contributed by atoms with van der Waals surface area (Å²) in [5.74, 6) is 1.68. The molecule has 0 unspecified atom stereocenters. The van der Waals surface area contributed by atoms with E-state index in [4.69, 9.17) is 14.5 Å². The number of phenolic OH excluding ortho intramolecular Hbond substituents is 2. The second-order valence-corrected chi connectivity index (χ2v) is 8.81. The van der Waals surface area contributed by atoms with Gasteiger partial charge in [-0.2, -0.15) is 0 Å². The van der Waals surface area contributed by atoms with E-state index < -0.39 is 0 Å². The van der Waals surface area contributed by atoms with Crippen LogP contribution < -0.4 is 9.47 Å². The third kappa shape index (κ3) is 4.29. The summed E-state index contributed by atoms with van der Waals surface area (Å²) in [4.78, 5) is 4.86. The van der Waals surface area contributed by atoms with Crippen LogP contribution in [0.15, 0.2) is 57.5 Å². The molecule has 1 aromatic heterocycles. The van der Waals surface area contributed by atoms with E-state index in [1.807, 2.05) is 56.3 Å². The van der Waals surface area contributed by atoms with Gasteiger partial charge in [-0.1, -0.05) is 12.1 Å². The number of hydrogen-bond acceptors (Lipinski definition) is 5. The number of aromatic nitrogens is 2. The maximum absolute atomic E-state index is 10.3. The summed E-state index contributed by atoms with van der Waals surface area (Å²) in [6, 6.07) is 15.2. The molecule has 1 heterocycles. The average Bonchev–Trinajstić information content (AvgIpc) is 3.13. The Kier molecular flexibility index (Phi) is 6.62. The zero-order valence-electron chi connectivity index (χ0n) is 17.6. The number of imidazole rings is 1. The Bertz CT molecular complexity index is 1290. The Morgan fingerprint density at radius 3 is 2.19 bits per heavy atom. The average molecular weight is 562 g/mol. The molecular weight excluding hydrogens is 540 g/mol. The number of halogens is 2. The Hall–Kier alpha value is -2.71. The fourth-order valence-corrected chi connectivity index (χ4v) is 4.52. The molecule has 0 saturated carbocycles. The standard InChI is InChI=1S/C24H22Br2N2O4/c1-3-31-20-10-14(9-16(25)22(20)29)13-28-19-8-6-5-7-18(19)27-24(28)15-11-17(26)23(30)21(12-15)32-4-2/h5-12,29-30H,3-4,13H2,1-2H3. The van der Waals surface area contributed by atoms with Crippen molar-refractivity contribution >= 4 is 42.9 Å². The highest BCUT2D eigenvalue weighted by molar-refractivity contribution is 9.10. The van der Waals surface area contributed by atoms with Gasteiger partial charge in [0.25, 0.3) is 0 Å². The van der Waals surface area contributed by atoms with Crippen molar-refractivity contribution in [1.29, 1.82) is 0 Å². The first kappa shape index (κ1) is 22.5. The number of para-hydroxylation sites is 2. The third-order valence-corrected chi connectivity index (χ3v) is 6.18. The molecule has 0 spiro atoms. The van der Waals surface area contributed by atoms with Crippen molar-refractivity contribution < 1.29 is 19.7 Å². The zero-order chi connectivity index (χ0) is 22.8. The maximum atomic E-state index is 10.3. The summed E-state index contributed by atoms with van der Waals surface area (Å²) in [6.07, 6.45) is 0. The molecule has 0 aliphatic rings. The molecule has 0 radical (unpaired) electrons. The van der Waals surface area contributed by atoms with E-state index >= 15 is 0 Å². The Morgan fingerprint density at radius 2 is 1.50 bits per heavy atom. The summed E-state index contributed by atoms with van der Waals surface area (Å²) < 4.78 is 14.4. The van der Waals surface area contributed by atoms with E-state index in [0.29, 0.717) is 40.2 Å². The van der Waals surface area contributed by atoms with E-state index in [-0.39, 0.29) is 11.5 Å². The van der Waals surface area contributed by atoms with Crippen molar-refractivity contribution in [1.82, 2.24) is 9.55 Å². The van der Waals surface area contributed by atoms with Crippen LogP contribution in [0.3, 0.4) is 0 Å². The van der Waals surface area contributed by atoms with Crippen molar-refractivity contribution in [2.75, 3.05) is 13.2 Å². The fraction of sp³-hybridized carbons (Fsp3) is 0.208. The van der Waals surface area contributed by atoms with E-state index in [1.165, 1.54) is 0 Å². The molecule has 2 N–H and O–H groups in total. The summed E-state index contributed by atoms with van der Waals surface area (Å²) >= 11 is 6.85. The number of fused-ring (bicyclic) bond motifs is 1. The van der Waals surface area contributed by atoms with Gasteiger partial charge in [0.1, 0.15) is 5.82 Å². The summed E-state index contributed by atoms with van der Waals surface area (Å²) in [7, 11) is 0. The molecule has 0 bridgehead atoms. The lowest BCUT2D eigenvalue weighted by Crippen LogP contribution is -2.04. The highest BCUT2D eigenvalue weighted by Crippen LogP contribution is 2.40. The van der Waals surface area contributed by atoms with Gasteiger partial charge in [-0.25, -0.2) is 4.98 Å². The molecule has 0 saturated heterocycles. The molecule has 4 aromatic rings. The van der Waals surface area contributed by atoms with Gasteiger partial charge < -0.3 is 24.3 Å². The fourth-order valence-electron chi connectivity index (χ4n) is 3.59. The van der Waals surface area contributed by atoms with Crippen LogP contribution in [0.5, 0.6) is 23.0 Å². The van der Waals surface area contributed by atoms with Gasteiger partial charge in [0.2, 0.25) is 0 Å². The molecule has 0 fully saturated rings. The minimum Gasteiger partial charge on any atom is -0.503 e. The largest absolute Gasteiger partial charge is 0.503 e. The number of nitrogens with zero attached hydrogens (tertiary/aromatic N) is 2. The van der Waals surface area contributed by atoms with E-state index in [1.54, 1.807) is 6.07 Å². The molecule has 8 heteroatoms. The minimum absolute atomic E-state index is 0.0575. The van der Waals surface area contributed by atoms with E-state index in [2.05, 4.69) is 36.4 Å². The molecule has 0 amide bonds. The molecule has 0 atom stereocenters. The highest BCUT2D eigenvalue weighted by atomic mass is 79.9. The maximum Gasteiger partial charge on any atom is 0.172 e. The van der Waals surface area contributed by atoms with Gasteiger partial charge >= 0.3 is 0 Å². The molecule has 0 aliphatic carbocycles. The van der Waals surface area contributed by atoms with Crippen LogP contribution in [-0.4, -0.2) is 33.0 Å². The second-order valence-electron chi connectivity index (χ2n) is 7.11. The van der Waals surface area contributed by atoms with E-state index in [0.717, 1.165) is 28.0 Å². The molecule has 32 heavy (non-hydrogen) atoms. The number of phenols is 2. The number of hydrogen-bond donors (Lipinski definition) is 2. The van der Waals surface area contributed by atoms with Crippen LogP contribution in [0.25, 0.3) is 22.4 Å². The summed E-state index contributed by atoms with van der Waals surface area (Å²) in [6.45, 7) is 5.12. The van der Waals surface area contributed by atoms with Crippen LogP contribution in [0.1, 0.15) is 19.4 Å². The molecule has 0 aliphatic heterocycles. The van der Waals surface area contributed by atoms with Crippen molar-refractivity contribution in [3.8, 4) is 34.4 Å². The van der Waals surface area contributed by atoms with Crippen molar-refractivity contribution in [3.63, 3.8) is 0 Å². The highest BCUT2D eigenvalue weighted by Gasteiger charge is 2.18. The van der Waals surface area contributed by atoms with Gasteiger partial charge in [0.15, 0.2) is 23.0 Å². The monoisotopic (exact) mass is 560 g/mol.